The molecule has 1 aromatic carbocycles. The van der Waals surface area contributed by atoms with Crippen LogP contribution in [-0.4, -0.2) is 54.9 Å². The van der Waals surface area contributed by atoms with Crippen molar-refractivity contribution in [3.05, 3.63) is 29.8 Å². The first-order valence-corrected chi connectivity index (χ1v) is 8.33. The summed E-state index contributed by atoms with van der Waals surface area (Å²) in [6.45, 7) is 3.79. The van der Waals surface area contributed by atoms with Gasteiger partial charge in [-0.3, -0.25) is 14.5 Å². The third kappa shape index (κ3) is 4.47. The van der Waals surface area contributed by atoms with E-state index in [2.05, 4.69) is 0 Å². The van der Waals surface area contributed by atoms with E-state index in [1.165, 1.54) is 0 Å². The van der Waals surface area contributed by atoms with Crippen LogP contribution in [0.1, 0.15) is 25.3 Å². The molecule has 0 bridgehead atoms. The molecule has 0 saturated carbocycles. The number of rotatable bonds is 6. The first-order chi connectivity index (χ1) is 11.4. The Labute approximate surface area is 143 Å². The summed E-state index contributed by atoms with van der Waals surface area (Å²) >= 11 is 0. The zero-order chi connectivity index (χ0) is 17.7. The number of hydrogen-bond donors (Lipinski definition) is 1. The number of likely N-dealkylation sites (tertiary alicyclic amines) is 1. The highest BCUT2D eigenvalue weighted by molar-refractivity contribution is 5.82. The first-order valence-electron chi connectivity index (χ1n) is 8.33. The molecule has 1 saturated heterocycles. The molecule has 1 heterocycles. The van der Waals surface area contributed by atoms with Crippen molar-refractivity contribution in [2.24, 2.45) is 11.7 Å². The van der Waals surface area contributed by atoms with Gasteiger partial charge >= 0.3 is 0 Å². The van der Waals surface area contributed by atoms with Crippen molar-refractivity contribution < 1.29 is 14.3 Å². The molecule has 132 valence electrons. The van der Waals surface area contributed by atoms with E-state index in [-0.39, 0.29) is 23.8 Å². The quantitative estimate of drug-likeness (QED) is 0.850. The zero-order valence-electron chi connectivity index (χ0n) is 14.7. The molecule has 0 aromatic heterocycles. The number of methoxy groups -OCH3 is 1. The van der Waals surface area contributed by atoms with E-state index in [1.807, 2.05) is 48.0 Å². The molecule has 6 nitrogen and oxygen atoms in total. The van der Waals surface area contributed by atoms with E-state index in [9.17, 15) is 9.59 Å². The molecule has 1 fully saturated rings. The minimum absolute atomic E-state index is 0.0983. The van der Waals surface area contributed by atoms with Crippen LogP contribution in [0.3, 0.4) is 0 Å². The third-order valence-corrected chi connectivity index (χ3v) is 4.79. The maximum absolute atomic E-state index is 12.7. The number of amides is 2. The molecule has 2 N–H and O–H groups in total. The second-order valence-electron chi connectivity index (χ2n) is 6.44. The molecule has 0 spiro atoms. The number of carbonyl (C=O) groups is 2. The van der Waals surface area contributed by atoms with Gasteiger partial charge in [-0.25, -0.2) is 0 Å². The number of likely N-dealkylation sites (N-methyl/N-ethyl adjacent to an activating group) is 1. The van der Waals surface area contributed by atoms with E-state index in [1.54, 1.807) is 7.11 Å². The smallest absolute Gasteiger partial charge is 0.239 e. The fraction of sp³-hybridized carbons (Fsp3) is 0.556. The maximum atomic E-state index is 12.7. The van der Waals surface area contributed by atoms with Gasteiger partial charge in [-0.15, -0.1) is 0 Å². The number of piperidine rings is 1. The molecule has 24 heavy (non-hydrogen) atoms. The number of ether oxygens (including phenoxy) is 1. The van der Waals surface area contributed by atoms with Crippen LogP contribution in [0.25, 0.3) is 0 Å². The molecule has 1 aromatic rings. The van der Waals surface area contributed by atoms with Gasteiger partial charge in [-0.05, 0) is 44.5 Å². The SMILES string of the molecule is COc1cccc(CN(C)[C@H](C)C(=O)N2CCC(C(N)=O)CC2)c1. The molecule has 2 amide bonds. The van der Waals surface area contributed by atoms with Crippen LogP contribution >= 0.6 is 0 Å². The zero-order valence-corrected chi connectivity index (χ0v) is 14.7. The summed E-state index contributed by atoms with van der Waals surface area (Å²) in [6.07, 6.45) is 1.32. The minimum atomic E-state index is -0.259. The largest absolute Gasteiger partial charge is 0.497 e. The van der Waals surface area contributed by atoms with Crippen LogP contribution in [0, 0.1) is 5.92 Å². The fourth-order valence-corrected chi connectivity index (χ4v) is 3.03. The van der Waals surface area contributed by atoms with Crippen LogP contribution in [0.4, 0.5) is 0 Å². The van der Waals surface area contributed by atoms with E-state index in [0.29, 0.717) is 32.5 Å². The topological polar surface area (TPSA) is 75.9 Å². The first kappa shape index (κ1) is 18.3. The standard InChI is InChI=1S/C18H27N3O3/c1-13(18(23)21-9-7-15(8-10-21)17(19)22)20(2)12-14-5-4-6-16(11-14)24-3/h4-6,11,13,15H,7-10,12H2,1-3H3,(H2,19,22)/t13-/m1/s1. The number of hydrogen-bond acceptors (Lipinski definition) is 4. The molecule has 6 heteroatoms. The maximum Gasteiger partial charge on any atom is 0.239 e. The summed E-state index contributed by atoms with van der Waals surface area (Å²) in [6, 6.07) is 7.63. The number of nitrogens with zero attached hydrogens (tertiary/aromatic N) is 2. The average molecular weight is 333 g/mol. The summed E-state index contributed by atoms with van der Waals surface area (Å²) in [7, 11) is 3.59. The number of carbonyl (C=O) groups excluding carboxylic acids is 2. The lowest BCUT2D eigenvalue weighted by molar-refractivity contribution is -0.139. The van der Waals surface area contributed by atoms with Gasteiger partial charge < -0.3 is 15.4 Å². The van der Waals surface area contributed by atoms with Crippen LogP contribution in [0.2, 0.25) is 0 Å². The lowest BCUT2D eigenvalue weighted by Gasteiger charge is -2.34. The van der Waals surface area contributed by atoms with Crippen molar-refractivity contribution in [2.45, 2.75) is 32.4 Å². The molecule has 0 unspecified atom stereocenters. The van der Waals surface area contributed by atoms with Crippen LogP contribution in [0.15, 0.2) is 24.3 Å². The van der Waals surface area contributed by atoms with Crippen LogP contribution in [-0.2, 0) is 16.1 Å². The Hall–Kier alpha value is -2.08. The average Bonchev–Trinajstić information content (AvgIpc) is 2.60. The highest BCUT2D eigenvalue weighted by Crippen LogP contribution is 2.19. The lowest BCUT2D eigenvalue weighted by atomic mass is 9.96. The predicted octanol–water partition coefficient (Wildman–Crippen LogP) is 1.24. The van der Waals surface area contributed by atoms with Crippen molar-refractivity contribution in [3.8, 4) is 5.75 Å². The van der Waals surface area contributed by atoms with Crippen molar-refractivity contribution >= 4 is 11.8 Å². The van der Waals surface area contributed by atoms with Crippen molar-refractivity contribution in [3.63, 3.8) is 0 Å². The van der Waals surface area contributed by atoms with E-state index >= 15 is 0 Å². The summed E-state index contributed by atoms with van der Waals surface area (Å²) in [5.74, 6) is 0.556. The Kier molecular flexibility index (Phi) is 6.20. The van der Waals surface area contributed by atoms with Gasteiger partial charge in [0.1, 0.15) is 5.75 Å². The third-order valence-electron chi connectivity index (χ3n) is 4.79. The van der Waals surface area contributed by atoms with E-state index in [0.717, 1.165) is 11.3 Å². The Morgan fingerprint density at radius 2 is 2.04 bits per heavy atom. The molecular weight excluding hydrogens is 306 g/mol. The summed E-state index contributed by atoms with van der Waals surface area (Å²) < 4.78 is 5.24. The Morgan fingerprint density at radius 1 is 1.38 bits per heavy atom. The Morgan fingerprint density at radius 3 is 2.62 bits per heavy atom. The van der Waals surface area contributed by atoms with Gasteiger partial charge in [0.25, 0.3) is 0 Å². The number of primary amides is 1. The minimum Gasteiger partial charge on any atom is -0.497 e. The highest BCUT2D eigenvalue weighted by Gasteiger charge is 2.29. The summed E-state index contributed by atoms with van der Waals surface area (Å²) in [4.78, 5) is 27.8. The number of nitrogens with two attached hydrogens (primary N) is 1. The van der Waals surface area contributed by atoms with Gasteiger partial charge in [-0.1, -0.05) is 12.1 Å². The normalized spacial score (nSPS) is 16.9. The molecule has 1 aliphatic rings. The van der Waals surface area contributed by atoms with E-state index in [4.69, 9.17) is 10.5 Å². The second-order valence-corrected chi connectivity index (χ2v) is 6.44. The molecule has 1 aliphatic heterocycles. The number of benzene rings is 1. The van der Waals surface area contributed by atoms with Gasteiger partial charge in [0, 0.05) is 25.6 Å². The molecule has 0 radical (unpaired) electrons. The van der Waals surface area contributed by atoms with Gasteiger partial charge in [0.15, 0.2) is 0 Å². The van der Waals surface area contributed by atoms with Gasteiger partial charge in [0.05, 0.1) is 13.2 Å². The van der Waals surface area contributed by atoms with E-state index < -0.39 is 0 Å². The lowest BCUT2D eigenvalue weighted by Crippen LogP contribution is -2.49. The summed E-state index contributed by atoms with van der Waals surface area (Å²) in [5, 5.41) is 0. The summed E-state index contributed by atoms with van der Waals surface area (Å²) in [5.41, 5.74) is 6.45. The van der Waals surface area contributed by atoms with Gasteiger partial charge in [0.2, 0.25) is 11.8 Å². The Bertz CT molecular complexity index is 583. The molecule has 0 aliphatic carbocycles. The molecular formula is C18H27N3O3. The molecule has 1 atom stereocenters. The Balaban J connectivity index is 1.91. The van der Waals surface area contributed by atoms with Crippen LogP contribution < -0.4 is 10.5 Å². The van der Waals surface area contributed by atoms with Crippen molar-refractivity contribution in [1.29, 1.82) is 0 Å². The highest BCUT2D eigenvalue weighted by atomic mass is 16.5. The molecule has 2 rings (SSSR count). The van der Waals surface area contributed by atoms with Crippen LogP contribution in [0.5, 0.6) is 5.75 Å². The van der Waals surface area contributed by atoms with Gasteiger partial charge in [-0.2, -0.15) is 0 Å². The second kappa shape index (κ2) is 8.15. The van der Waals surface area contributed by atoms with Crippen molar-refractivity contribution in [2.75, 3.05) is 27.2 Å². The monoisotopic (exact) mass is 333 g/mol. The predicted molar refractivity (Wildman–Crippen MR) is 92.4 cm³/mol. The van der Waals surface area contributed by atoms with Crippen molar-refractivity contribution in [1.82, 2.24) is 9.80 Å². The fourth-order valence-electron chi connectivity index (χ4n) is 3.03.